The van der Waals surface area contributed by atoms with E-state index in [0.29, 0.717) is 6.07 Å². The topological polar surface area (TPSA) is 12.9 Å². The van der Waals surface area contributed by atoms with Crippen LogP contribution in [0.5, 0.6) is 0 Å². The number of alkyl halides is 6. The predicted octanol–water partition coefficient (Wildman–Crippen LogP) is 3.68. The van der Waals surface area contributed by atoms with Gasteiger partial charge in [-0.15, -0.1) is 0 Å². The molecule has 1 heterocycles. The lowest BCUT2D eigenvalue weighted by atomic mass is 10.1. The minimum Gasteiger partial charge on any atom is -0.251 e. The van der Waals surface area contributed by atoms with Gasteiger partial charge >= 0.3 is 12.4 Å². The summed E-state index contributed by atoms with van der Waals surface area (Å²) in [5.74, 6) is 0. The van der Waals surface area contributed by atoms with Crippen molar-refractivity contribution in [1.82, 2.24) is 4.98 Å². The molecule has 1 nitrogen and oxygen atoms in total. The van der Waals surface area contributed by atoms with Crippen LogP contribution in [-0.2, 0) is 18.8 Å². The van der Waals surface area contributed by atoms with Crippen molar-refractivity contribution in [3.8, 4) is 0 Å². The third kappa shape index (κ3) is 2.65. The van der Waals surface area contributed by atoms with Crippen molar-refractivity contribution in [3.05, 3.63) is 29.1 Å². The second kappa shape index (κ2) is 3.95. The fourth-order valence-corrected chi connectivity index (χ4v) is 1.20. The van der Waals surface area contributed by atoms with Crippen LogP contribution >= 0.6 is 0 Å². The summed E-state index contributed by atoms with van der Waals surface area (Å²) < 4.78 is 73.6. The van der Waals surface area contributed by atoms with E-state index in [-0.39, 0.29) is 12.6 Å². The molecule has 0 radical (unpaired) electrons. The lowest BCUT2D eigenvalue weighted by Gasteiger charge is -2.13. The summed E-state index contributed by atoms with van der Waals surface area (Å²) in [4.78, 5) is 2.78. The van der Waals surface area contributed by atoms with Gasteiger partial charge < -0.3 is 0 Å². The molecule has 0 saturated heterocycles. The average molecular weight is 243 g/mol. The van der Waals surface area contributed by atoms with Crippen molar-refractivity contribution in [2.24, 2.45) is 0 Å². The molecule has 0 aromatic carbocycles. The molecule has 0 unspecified atom stereocenters. The Morgan fingerprint density at radius 1 is 1.06 bits per heavy atom. The molecule has 0 N–H and O–H groups in total. The summed E-state index contributed by atoms with van der Waals surface area (Å²) in [5.41, 5.74) is -2.84. The first-order valence-corrected chi connectivity index (χ1v) is 4.29. The van der Waals surface area contributed by atoms with Gasteiger partial charge in [0.2, 0.25) is 0 Å². The molecule has 0 aliphatic heterocycles. The normalized spacial score (nSPS) is 12.9. The van der Waals surface area contributed by atoms with Gasteiger partial charge in [0, 0.05) is 6.20 Å². The van der Waals surface area contributed by atoms with E-state index in [1.54, 1.807) is 0 Å². The van der Waals surface area contributed by atoms with Crippen LogP contribution in [0.4, 0.5) is 26.3 Å². The molecule has 90 valence electrons. The number of halogens is 6. The van der Waals surface area contributed by atoms with Gasteiger partial charge in [0.25, 0.3) is 0 Å². The molecule has 0 aliphatic carbocycles. The largest absolute Gasteiger partial charge is 0.433 e. The number of aryl methyl sites for hydroxylation is 1. The Bertz CT molecular complexity index is 379. The zero-order valence-corrected chi connectivity index (χ0v) is 8.08. The molecule has 0 fully saturated rings. The van der Waals surface area contributed by atoms with Crippen molar-refractivity contribution in [2.45, 2.75) is 25.7 Å². The Balaban J connectivity index is 3.28. The summed E-state index contributed by atoms with van der Waals surface area (Å²) in [6.45, 7) is 1.35. The van der Waals surface area contributed by atoms with Gasteiger partial charge in [-0.05, 0) is 18.1 Å². The lowest BCUT2D eigenvalue weighted by molar-refractivity contribution is -0.144. The quantitative estimate of drug-likeness (QED) is 0.685. The summed E-state index contributed by atoms with van der Waals surface area (Å²) in [5, 5.41) is 0. The highest BCUT2D eigenvalue weighted by Crippen LogP contribution is 2.35. The highest BCUT2D eigenvalue weighted by molar-refractivity contribution is 5.30. The predicted molar refractivity (Wildman–Crippen MR) is 43.6 cm³/mol. The van der Waals surface area contributed by atoms with Crippen molar-refractivity contribution in [2.75, 3.05) is 0 Å². The monoisotopic (exact) mass is 243 g/mol. The SMILES string of the molecule is CCc1cc(C(F)(F)F)ncc1C(F)(F)F. The molecule has 0 spiro atoms. The van der Waals surface area contributed by atoms with Gasteiger partial charge in [-0.1, -0.05) is 6.92 Å². The third-order valence-electron chi connectivity index (χ3n) is 1.97. The van der Waals surface area contributed by atoms with E-state index in [1.165, 1.54) is 6.92 Å². The van der Waals surface area contributed by atoms with Crippen molar-refractivity contribution < 1.29 is 26.3 Å². The number of hydrogen-bond acceptors (Lipinski definition) is 1. The van der Waals surface area contributed by atoms with Crippen LogP contribution in [0.3, 0.4) is 0 Å². The third-order valence-corrected chi connectivity index (χ3v) is 1.97. The Morgan fingerprint density at radius 2 is 1.62 bits per heavy atom. The minimum absolute atomic E-state index is 0.138. The molecule has 0 aliphatic rings. The summed E-state index contributed by atoms with van der Waals surface area (Å²) in [6.07, 6.45) is -9.32. The average Bonchev–Trinajstić information content (AvgIpc) is 2.14. The Labute approximate surface area is 87.1 Å². The van der Waals surface area contributed by atoms with E-state index in [4.69, 9.17) is 0 Å². The minimum atomic E-state index is -4.73. The van der Waals surface area contributed by atoms with E-state index in [0.717, 1.165) is 0 Å². The summed E-state index contributed by atoms with van der Waals surface area (Å²) >= 11 is 0. The van der Waals surface area contributed by atoms with Crippen LogP contribution in [0.2, 0.25) is 0 Å². The van der Waals surface area contributed by atoms with Gasteiger partial charge in [-0.2, -0.15) is 26.3 Å². The zero-order chi connectivity index (χ0) is 12.6. The van der Waals surface area contributed by atoms with Gasteiger partial charge in [-0.3, -0.25) is 4.98 Å². The maximum atomic E-state index is 12.3. The Kier molecular flexibility index (Phi) is 3.16. The second-order valence-corrected chi connectivity index (χ2v) is 3.08. The smallest absolute Gasteiger partial charge is 0.251 e. The van der Waals surface area contributed by atoms with Crippen molar-refractivity contribution in [3.63, 3.8) is 0 Å². The zero-order valence-electron chi connectivity index (χ0n) is 8.08. The highest BCUT2D eigenvalue weighted by Gasteiger charge is 2.37. The van der Waals surface area contributed by atoms with Crippen LogP contribution in [0, 0.1) is 0 Å². The molecule has 0 atom stereocenters. The maximum Gasteiger partial charge on any atom is 0.433 e. The standard InChI is InChI=1S/C9H7F6N/c1-2-5-3-7(9(13,14)15)16-4-6(5)8(10,11)12/h3-4H,2H2,1H3. The maximum absolute atomic E-state index is 12.3. The van der Waals surface area contributed by atoms with Gasteiger partial charge in [0.05, 0.1) is 5.56 Å². The molecule has 0 bridgehead atoms. The number of rotatable bonds is 1. The van der Waals surface area contributed by atoms with E-state index in [9.17, 15) is 26.3 Å². The first-order valence-electron chi connectivity index (χ1n) is 4.29. The van der Waals surface area contributed by atoms with Gasteiger partial charge in [0.1, 0.15) is 5.69 Å². The van der Waals surface area contributed by atoms with E-state index in [2.05, 4.69) is 4.98 Å². The fourth-order valence-electron chi connectivity index (χ4n) is 1.20. The van der Waals surface area contributed by atoms with Crippen LogP contribution in [0.25, 0.3) is 0 Å². The molecule has 0 saturated carbocycles. The van der Waals surface area contributed by atoms with Crippen LogP contribution in [0.15, 0.2) is 12.3 Å². The lowest BCUT2D eigenvalue weighted by Crippen LogP contribution is -2.14. The van der Waals surface area contributed by atoms with E-state index >= 15 is 0 Å². The Hall–Kier alpha value is -1.27. The number of nitrogens with zero attached hydrogens (tertiary/aromatic N) is 1. The first kappa shape index (κ1) is 12.8. The van der Waals surface area contributed by atoms with Crippen LogP contribution in [0.1, 0.15) is 23.7 Å². The van der Waals surface area contributed by atoms with E-state index in [1.807, 2.05) is 0 Å². The van der Waals surface area contributed by atoms with Gasteiger partial charge in [-0.25, -0.2) is 0 Å². The number of aromatic nitrogens is 1. The molecule has 0 amide bonds. The van der Waals surface area contributed by atoms with Gasteiger partial charge in [0.15, 0.2) is 0 Å². The van der Waals surface area contributed by atoms with Crippen molar-refractivity contribution in [1.29, 1.82) is 0 Å². The molecule has 1 aromatic rings. The second-order valence-electron chi connectivity index (χ2n) is 3.08. The number of pyridine rings is 1. The molecule has 7 heteroatoms. The fraction of sp³-hybridized carbons (Fsp3) is 0.444. The van der Waals surface area contributed by atoms with E-state index < -0.39 is 29.2 Å². The Morgan fingerprint density at radius 3 is 2.00 bits per heavy atom. The summed E-state index contributed by atoms with van der Waals surface area (Å²) in [6, 6.07) is 0.433. The molecule has 1 rings (SSSR count). The van der Waals surface area contributed by atoms with Crippen LogP contribution < -0.4 is 0 Å². The summed E-state index contributed by atoms with van der Waals surface area (Å²) in [7, 11) is 0. The first-order chi connectivity index (χ1) is 7.16. The molecular formula is C9H7F6N. The van der Waals surface area contributed by atoms with Crippen LogP contribution in [-0.4, -0.2) is 4.98 Å². The molecule has 16 heavy (non-hydrogen) atoms. The molecule has 1 aromatic heterocycles. The van der Waals surface area contributed by atoms with Crippen molar-refractivity contribution >= 4 is 0 Å². The number of hydrogen-bond donors (Lipinski definition) is 0. The highest BCUT2D eigenvalue weighted by atomic mass is 19.4. The molecular weight excluding hydrogens is 236 g/mol.